The predicted molar refractivity (Wildman–Crippen MR) is 157 cm³/mol. The minimum atomic E-state index is -0.202. The van der Waals surface area contributed by atoms with Gasteiger partial charge in [-0.25, -0.2) is 14.8 Å². The summed E-state index contributed by atoms with van der Waals surface area (Å²) >= 11 is 1.58. The van der Waals surface area contributed by atoms with Crippen molar-refractivity contribution < 1.29 is 4.74 Å². The first-order valence-electron chi connectivity index (χ1n) is 13.2. The van der Waals surface area contributed by atoms with Crippen LogP contribution in [0.1, 0.15) is 31.4 Å². The van der Waals surface area contributed by atoms with E-state index in [0.717, 1.165) is 57.4 Å². The lowest BCUT2D eigenvalue weighted by molar-refractivity contribution is 0.159. The molecule has 39 heavy (non-hydrogen) atoms. The standard InChI is InChI=1S/C31H29N5O2S/c1-20(36-29(37)10-8-26-27-16-24(32-2)7-9-28(27)39-31(26)36)22-5-4-6-23(15-22)30-33-17-25(18-34-30)38-19-21-11-13-35(3)14-12-21/h4-10,15-18,20-21H,11-14,19H2,1,3H3/t20-/m1/s1. The van der Waals surface area contributed by atoms with E-state index in [9.17, 15) is 4.79 Å². The van der Waals surface area contributed by atoms with Crippen molar-refractivity contribution in [1.29, 1.82) is 0 Å². The number of piperidine rings is 1. The van der Waals surface area contributed by atoms with Gasteiger partial charge in [0.2, 0.25) is 0 Å². The van der Waals surface area contributed by atoms with E-state index in [1.165, 1.54) is 0 Å². The first-order valence-corrected chi connectivity index (χ1v) is 14.0. The normalized spacial score (nSPS) is 15.4. The predicted octanol–water partition coefficient (Wildman–Crippen LogP) is 6.55. The molecule has 0 radical (unpaired) electrons. The van der Waals surface area contributed by atoms with Gasteiger partial charge in [0.25, 0.3) is 5.56 Å². The molecule has 1 aliphatic heterocycles. The lowest BCUT2D eigenvalue weighted by Crippen LogP contribution is -2.32. The van der Waals surface area contributed by atoms with E-state index < -0.39 is 0 Å². The van der Waals surface area contributed by atoms with E-state index in [2.05, 4.69) is 32.8 Å². The van der Waals surface area contributed by atoms with Gasteiger partial charge in [-0.15, -0.1) is 11.3 Å². The van der Waals surface area contributed by atoms with Gasteiger partial charge in [0.05, 0.1) is 31.6 Å². The van der Waals surface area contributed by atoms with E-state index in [1.54, 1.807) is 29.8 Å². The van der Waals surface area contributed by atoms with E-state index in [-0.39, 0.29) is 11.6 Å². The molecule has 4 heterocycles. The van der Waals surface area contributed by atoms with E-state index in [1.807, 2.05) is 54.0 Å². The van der Waals surface area contributed by atoms with Crippen LogP contribution in [0.3, 0.4) is 0 Å². The van der Waals surface area contributed by atoms with Gasteiger partial charge in [-0.1, -0.05) is 30.3 Å². The second-order valence-corrected chi connectivity index (χ2v) is 11.3. The Bertz CT molecular complexity index is 1740. The van der Waals surface area contributed by atoms with Gasteiger partial charge in [0.15, 0.2) is 17.3 Å². The molecule has 0 aliphatic carbocycles. The van der Waals surface area contributed by atoms with Crippen LogP contribution in [0.2, 0.25) is 0 Å². The molecule has 0 bridgehead atoms. The van der Waals surface area contributed by atoms with Crippen LogP contribution in [-0.4, -0.2) is 46.2 Å². The average Bonchev–Trinajstić information content (AvgIpc) is 3.34. The Hall–Kier alpha value is -4.06. The summed E-state index contributed by atoms with van der Waals surface area (Å²) in [7, 11) is 2.16. The number of pyridine rings is 1. The Balaban J connectivity index is 1.25. The number of benzene rings is 2. The first-order chi connectivity index (χ1) is 19.0. The highest BCUT2D eigenvalue weighted by molar-refractivity contribution is 7.25. The molecule has 0 saturated carbocycles. The maximum Gasteiger partial charge on any atom is 0.252 e. The first kappa shape index (κ1) is 25.2. The number of hydrogen-bond donors (Lipinski definition) is 0. The third kappa shape index (κ3) is 5.03. The summed E-state index contributed by atoms with van der Waals surface area (Å²) in [6.45, 7) is 12.3. The average molecular weight is 536 g/mol. The minimum Gasteiger partial charge on any atom is -0.490 e. The number of nitrogens with zero attached hydrogens (tertiary/aromatic N) is 5. The Morgan fingerprint density at radius 2 is 1.87 bits per heavy atom. The summed E-state index contributed by atoms with van der Waals surface area (Å²) in [6.07, 6.45) is 5.79. The molecule has 3 aromatic heterocycles. The van der Waals surface area contributed by atoms with Gasteiger partial charge in [0, 0.05) is 21.7 Å². The molecule has 7 nitrogen and oxygen atoms in total. The van der Waals surface area contributed by atoms with Crippen molar-refractivity contribution in [1.82, 2.24) is 19.4 Å². The number of thiophene rings is 1. The number of ether oxygens (including phenoxy) is 1. The summed E-state index contributed by atoms with van der Waals surface area (Å²) in [6, 6.07) is 17.0. The SMILES string of the molecule is [C-]#[N+]c1ccc2sc3c(ccc(=O)n3[C@H](C)c3cccc(-c4ncc(OCC5CCN(C)CC5)cn4)c3)c2c1. The fourth-order valence-corrected chi connectivity index (χ4v) is 6.53. The second-order valence-electron chi connectivity index (χ2n) is 10.3. The van der Waals surface area contributed by atoms with Crippen molar-refractivity contribution in [2.75, 3.05) is 26.7 Å². The van der Waals surface area contributed by atoms with Crippen molar-refractivity contribution in [3.05, 3.63) is 94.3 Å². The molecular formula is C31H29N5O2S. The molecule has 1 fully saturated rings. The third-order valence-electron chi connectivity index (χ3n) is 7.63. The molecule has 5 aromatic rings. The van der Waals surface area contributed by atoms with Crippen LogP contribution in [0, 0.1) is 12.5 Å². The van der Waals surface area contributed by atoms with E-state index >= 15 is 0 Å². The van der Waals surface area contributed by atoms with Crippen LogP contribution < -0.4 is 10.3 Å². The number of fused-ring (bicyclic) bond motifs is 3. The summed E-state index contributed by atoms with van der Waals surface area (Å²) < 4.78 is 8.89. The van der Waals surface area contributed by atoms with Gasteiger partial charge < -0.3 is 9.64 Å². The van der Waals surface area contributed by atoms with Crippen molar-refractivity contribution in [3.8, 4) is 17.1 Å². The zero-order valence-corrected chi connectivity index (χ0v) is 22.8. The molecule has 1 saturated heterocycles. The Kier molecular flexibility index (Phi) is 6.86. The molecule has 2 aromatic carbocycles. The maximum absolute atomic E-state index is 13.1. The van der Waals surface area contributed by atoms with E-state index in [0.29, 0.717) is 29.8 Å². The zero-order valence-electron chi connectivity index (χ0n) is 22.0. The molecule has 1 atom stereocenters. The van der Waals surface area contributed by atoms with Gasteiger partial charge in [0.1, 0.15) is 4.83 Å². The number of aromatic nitrogens is 3. The lowest BCUT2D eigenvalue weighted by atomic mass is 9.98. The van der Waals surface area contributed by atoms with Crippen molar-refractivity contribution in [2.24, 2.45) is 5.92 Å². The number of rotatable bonds is 6. The van der Waals surface area contributed by atoms with Crippen molar-refractivity contribution >= 4 is 37.3 Å². The molecule has 6 rings (SSSR count). The van der Waals surface area contributed by atoms with Gasteiger partial charge in [-0.2, -0.15) is 0 Å². The molecule has 8 heteroatoms. The molecule has 196 valence electrons. The summed E-state index contributed by atoms with van der Waals surface area (Å²) in [5, 5.41) is 1.99. The summed E-state index contributed by atoms with van der Waals surface area (Å²) in [5.74, 6) is 1.88. The lowest BCUT2D eigenvalue weighted by Gasteiger charge is -2.28. The Labute approximate surface area is 231 Å². The fraction of sp³-hybridized carbons (Fsp3) is 0.290. The fourth-order valence-electron chi connectivity index (χ4n) is 5.27. The quantitative estimate of drug-likeness (QED) is 0.231. The topological polar surface area (TPSA) is 64.6 Å². The van der Waals surface area contributed by atoms with Crippen molar-refractivity contribution in [3.63, 3.8) is 0 Å². The van der Waals surface area contributed by atoms with Crippen LogP contribution in [0.4, 0.5) is 5.69 Å². The molecule has 0 N–H and O–H groups in total. The van der Waals surface area contributed by atoms with E-state index in [4.69, 9.17) is 11.3 Å². The van der Waals surface area contributed by atoms with Crippen LogP contribution >= 0.6 is 11.3 Å². The van der Waals surface area contributed by atoms with Gasteiger partial charge in [-0.05, 0) is 75.0 Å². The Morgan fingerprint density at radius 1 is 1.08 bits per heavy atom. The maximum atomic E-state index is 13.1. The smallest absolute Gasteiger partial charge is 0.252 e. The monoisotopic (exact) mass is 535 g/mol. The highest BCUT2D eigenvalue weighted by atomic mass is 32.1. The van der Waals surface area contributed by atoms with Crippen molar-refractivity contribution in [2.45, 2.75) is 25.8 Å². The second kappa shape index (κ2) is 10.6. The number of likely N-dealkylation sites (tertiary alicyclic amines) is 1. The third-order valence-corrected chi connectivity index (χ3v) is 8.82. The molecule has 0 unspecified atom stereocenters. The zero-order chi connectivity index (χ0) is 26.9. The highest BCUT2D eigenvalue weighted by Crippen LogP contribution is 2.37. The molecule has 0 spiro atoms. The molecular weight excluding hydrogens is 506 g/mol. The van der Waals surface area contributed by atoms with Crippen LogP contribution in [0.5, 0.6) is 5.75 Å². The highest BCUT2D eigenvalue weighted by Gasteiger charge is 2.19. The van der Waals surface area contributed by atoms with Crippen LogP contribution in [0.25, 0.3) is 36.5 Å². The summed E-state index contributed by atoms with van der Waals surface area (Å²) in [5.41, 5.74) is 2.42. The molecule has 0 amide bonds. The van der Waals surface area contributed by atoms with Crippen LogP contribution in [0.15, 0.2) is 71.8 Å². The van der Waals surface area contributed by atoms with Gasteiger partial charge in [-0.3, -0.25) is 9.36 Å². The largest absolute Gasteiger partial charge is 0.490 e. The number of hydrogen-bond acceptors (Lipinski definition) is 6. The Morgan fingerprint density at radius 3 is 2.64 bits per heavy atom. The van der Waals surface area contributed by atoms with Gasteiger partial charge >= 0.3 is 0 Å². The summed E-state index contributed by atoms with van der Waals surface area (Å²) in [4.78, 5) is 29.1. The van der Waals surface area contributed by atoms with Crippen LogP contribution in [-0.2, 0) is 0 Å². The molecule has 1 aliphatic rings. The minimum absolute atomic E-state index is 0.0558.